The molecule has 5 nitrogen and oxygen atoms in total. The smallest absolute Gasteiger partial charge is 0.319 e. The molecule has 3 aromatic rings. The SMILES string of the molecule is Cc1ccc(CN2C(=O)CSc3ccc(NC(=O)NCCc4ccc(Cl)cc4)cc32)cc1. The molecule has 3 amide bonds. The zero-order chi connectivity index (χ0) is 22.5. The number of halogens is 1. The van der Waals surface area contributed by atoms with Gasteiger partial charge in [0.15, 0.2) is 0 Å². The van der Waals surface area contributed by atoms with Crippen LogP contribution in [-0.4, -0.2) is 24.2 Å². The fraction of sp³-hybridized carbons (Fsp3) is 0.200. The molecule has 1 aliphatic rings. The highest BCUT2D eigenvalue weighted by molar-refractivity contribution is 8.00. The number of thioether (sulfide) groups is 1. The van der Waals surface area contributed by atoms with Crippen molar-refractivity contribution in [1.82, 2.24) is 5.32 Å². The molecule has 4 rings (SSSR count). The topological polar surface area (TPSA) is 61.4 Å². The molecule has 1 heterocycles. The first kappa shape index (κ1) is 22.2. The molecule has 0 saturated carbocycles. The van der Waals surface area contributed by atoms with Gasteiger partial charge in [-0.25, -0.2) is 4.79 Å². The maximum Gasteiger partial charge on any atom is 0.319 e. The predicted molar refractivity (Wildman–Crippen MR) is 132 cm³/mol. The molecule has 164 valence electrons. The zero-order valence-corrected chi connectivity index (χ0v) is 19.3. The summed E-state index contributed by atoms with van der Waals surface area (Å²) >= 11 is 7.43. The number of amides is 3. The fourth-order valence-electron chi connectivity index (χ4n) is 3.48. The lowest BCUT2D eigenvalue weighted by Crippen LogP contribution is -2.35. The molecule has 0 aromatic heterocycles. The van der Waals surface area contributed by atoms with Gasteiger partial charge >= 0.3 is 6.03 Å². The third kappa shape index (κ3) is 5.64. The van der Waals surface area contributed by atoms with Gasteiger partial charge in [-0.05, 0) is 54.8 Å². The average Bonchev–Trinajstić information content (AvgIpc) is 2.78. The second-order valence-electron chi connectivity index (χ2n) is 7.69. The van der Waals surface area contributed by atoms with Crippen LogP contribution in [-0.2, 0) is 17.8 Å². The molecule has 0 radical (unpaired) electrons. The summed E-state index contributed by atoms with van der Waals surface area (Å²) in [6.45, 7) is 3.05. The van der Waals surface area contributed by atoms with E-state index in [-0.39, 0.29) is 11.9 Å². The van der Waals surface area contributed by atoms with Crippen LogP contribution in [0.4, 0.5) is 16.2 Å². The lowest BCUT2D eigenvalue weighted by Gasteiger charge is -2.29. The van der Waals surface area contributed by atoms with E-state index in [0.29, 0.717) is 36.0 Å². The Balaban J connectivity index is 1.40. The van der Waals surface area contributed by atoms with Crippen molar-refractivity contribution in [2.24, 2.45) is 0 Å². The maximum absolute atomic E-state index is 12.7. The third-order valence-corrected chi connectivity index (χ3v) is 6.53. The molecule has 0 saturated heterocycles. The van der Waals surface area contributed by atoms with Gasteiger partial charge in [0.1, 0.15) is 0 Å². The minimum Gasteiger partial charge on any atom is -0.338 e. The summed E-state index contributed by atoms with van der Waals surface area (Å²) in [4.78, 5) is 27.8. The van der Waals surface area contributed by atoms with Crippen LogP contribution >= 0.6 is 23.4 Å². The molecule has 0 bridgehead atoms. The van der Waals surface area contributed by atoms with Gasteiger partial charge in [0.05, 0.1) is 18.0 Å². The van der Waals surface area contributed by atoms with E-state index < -0.39 is 0 Å². The Labute approximate surface area is 197 Å². The van der Waals surface area contributed by atoms with Crippen LogP contribution in [0.15, 0.2) is 71.6 Å². The molecule has 0 atom stereocenters. The second kappa shape index (κ2) is 10.1. The third-order valence-electron chi connectivity index (χ3n) is 5.23. The summed E-state index contributed by atoms with van der Waals surface area (Å²) in [5, 5.41) is 6.44. The fourth-order valence-corrected chi connectivity index (χ4v) is 4.52. The number of anilines is 2. The van der Waals surface area contributed by atoms with Crippen LogP contribution < -0.4 is 15.5 Å². The molecular weight excluding hydrogens is 442 g/mol. The van der Waals surface area contributed by atoms with Gasteiger partial charge < -0.3 is 15.5 Å². The van der Waals surface area contributed by atoms with Crippen molar-refractivity contribution in [2.45, 2.75) is 24.8 Å². The van der Waals surface area contributed by atoms with E-state index in [0.717, 1.165) is 21.7 Å². The van der Waals surface area contributed by atoms with Gasteiger partial charge in [0, 0.05) is 22.2 Å². The number of aryl methyl sites for hydroxylation is 1. The summed E-state index contributed by atoms with van der Waals surface area (Å²) < 4.78 is 0. The van der Waals surface area contributed by atoms with Crippen molar-refractivity contribution in [1.29, 1.82) is 0 Å². The number of urea groups is 1. The molecular formula is C25H24ClN3O2S. The Bertz CT molecular complexity index is 1120. The molecule has 0 unspecified atom stereocenters. The minimum atomic E-state index is -0.279. The molecule has 32 heavy (non-hydrogen) atoms. The van der Waals surface area contributed by atoms with E-state index in [1.54, 1.807) is 4.90 Å². The second-order valence-corrected chi connectivity index (χ2v) is 9.15. The standard InChI is InChI=1S/C25H24ClN3O2S/c1-17-2-4-19(5-3-17)15-29-22-14-21(10-11-23(22)32-16-24(29)30)28-25(31)27-13-12-18-6-8-20(26)9-7-18/h2-11,14H,12-13,15-16H2,1H3,(H2,27,28,31). The van der Waals surface area contributed by atoms with E-state index >= 15 is 0 Å². The quantitative estimate of drug-likeness (QED) is 0.494. The number of carbonyl (C=O) groups is 2. The summed E-state index contributed by atoms with van der Waals surface area (Å²) in [7, 11) is 0. The summed E-state index contributed by atoms with van der Waals surface area (Å²) in [5.74, 6) is 0.476. The van der Waals surface area contributed by atoms with E-state index in [2.05, 4.69) is 10.6 Å². The van der Waals surface area contributed by atoms with Crippen LogP contribution in [0, 0.1) is 6.92 Å². The highest BCUT2D eigenvalue weighted by Crippen LogP contribution is 2.38. The van der Waals surface area contributed by atoms with Crippen LogP contribution in [0.25, 0.3) is 0 Å². The monoisotopic (exact) mass is 465 g/mol. The molecule has 7 heteroatoms. The molecule has 1 aliphatic heterocycles. The first-order valence-electron chi connectivity index (χ1n) is 10.4. The van der Waals surface area contributed by atoms with E-state index in [4.69, 9.17) is 11.6 Å². The Morgan fingerprint density at radius 3 is 2.50 bits per heavy atom. The first-order chi connectivity index (χ1) is 15.5. The molecule has 0 fully saturated rings. The van der Waals surface area contributed by atoms with Crippen molar-refractivity contribution in [3.63, 3.8) is 0 Å². The van der Waals surface area contributed by atoms with Gasteiger partial charge in [-0.15, -0.1) is 11.8 Å². The predicted octanol–water partition coefficient (Wildman–Crippen LogP) is 5.65. The zero-order valence-electron chi connectivity index (χ0n) is 17.7. The van der Waals surface area contributed by atoms with Crippen LogP contribution in [0.3, 0.4) is 0 Å². The van der Waals surface area contributed by atoms with E-state index in [1.165, 1.54) is 17.3 Å². The lowest BCUT2D eigenvalue weighted by atomic mass is 10.1. The van der Waals surface area contributed by atoms with Gasteiger partial charge in [-0.3, -0.25) is 4.79 Å². The molecule has 3 aromatic carbocycles. The highest BCUT2D eigenvalue weighted by atomic mass is 35.5. The number of nitrogens with zero attached hydrogens (tertiary/aromatic N) is 1. The van der Waals surface area contributed by atoms with Crippen molar-refractivity contribution in [2.75, 3.05) is 22.5 Å². The van der Waals surface area contributed by atoms with Crippen LogP contribution in [0.5, 0.6) is 0 Å². The molecule has 0 spiro atoms. The number of hydrogen-bond acceptors (Lipinski definition) is 3. The summed E-state index contributed by atoms with van der Waals surface area (Å²) in [5.41, 5.74) is 4.83. The summed E-state index contributed by atoms with van der Waals surface area (Å²) in [6, 6.07) is 21.2. The van der Waals surface area contributed by atoms with Gasteiger partial charge in [0.25, 0.3) is 0 Å². The summed E-state index contributed by atoms with van der Waals surface area (Å²) in [6.07, 6.45) is 0.713. The highest BCUT2D eigenvalue weighted by Gasteiger charge is 2.25. The molecule has 2 N–H and O–H groups in total. The average molecular weight is 466 g/mol. The normalized spacial score (nSPS) is 12.9. The van der Waals surface area contributed by atoms with Crippen molar-refractivity contribution >= 4 is 46.7 Å². The maximum atomic E-state index is 12.7. The largest absolute Gasteiger partial charge is 0.338 e. The number of carbonyl (C=O) groups excluding carboxylic acids is 2. The Kier molecular flexibility index (Phi) is 7.02. The van der Waals surface area contributed by atoms with Crippen molar-refractivity contribution < 1.29 is 9.59 Å². The van der Waals surface area contributed by atoms with Crippen molar-refractivity contribution in [3.8, 4) is 0 Å². The Hall–Kier alpha value is -2.96. The van der Waals surface area contributed by atoms with Crippen molar-refractivity contribution in [3.05, 3.63) is 88.4 Å². The molecule has 0 aliphatic carbocycles. The number of benzene rings is 3. The van der Waals surface area contributed by atoms with Gasteiger partial charge in [-0.2, -0.15) is 0 Å². The Morgan fingerprint density at radius 2 is 1.75 bits per heavy atom. The minimum absolute atomic E-state index is 0.0626. The number of fused-ring (bicyclic) bond motifs is 1. The van der Waals surface area contributed by atoms with E-state index in [1.807, 2.05) is 73.7 Å². The van der Waals surface area contributed by atoms with Gasteiger partial charge in [-0.1, -0.05) is 53.6 Å². The Morgan fingerprint density at radius 1 is 1.03 bits per heavy atom. The first-order valence-corrected chi connectivity index (χ1v) is 11.8. The van der Waals surface area contributed by atoms with Crippen LogP contribution in [0.2, 0.25) is 5.02 Å². The number of nitrogens with one attached hydrogen (secondary N) is 2. The van der Waals surface area contributed by atoms with E-state index in [9.17, 15) is 9.59 Å². The lowest BCUT2D eigenvalue weighted by molar-refractivity contribution is -0.116. The van der Waals surface area contributed by atoms with Gasteiger partial charge in [0.2, 0.25) is 5.91 Å². The number of hydrogen-bond donors (Lipinski definition) is 2. The van der Waals surface area contributed by atoms with Crippen LogP contribution in [0.1, 0.15) is 16.7 Å². The number of rotatable bonds is 6.